The smallest absolute Gasteiger partial charge is 0.326 e. The molecule has 0 saturated carbocycles. The molecule has 0 unspecified atom stereocenters. The molecule has 8 heteroatoms. The standard InChI is InChI=1S/C18H22FN5O2/c1-2-11-10-24(15-3-5-20-9-14(15)19)17-13(11)7-12(8-21-17)23-6-4-16(25)22-18(23)26/h7-8,10,14-15,20H,2-6,9H2,1H3,(H,22,25,26)/t14-,15+/m0/s1. The number of aryl methyl sites for hydroxylation is 1. The molecular weight excluding hydrogens is 337 g/mol. The average molecular weight is 359 g/mol. The van der Waals surface area contributed by atoms with Gasteiger partial charge in [-0.1, -0.05) is 6.92 Å². The number of hydrogen-bond acceptors (Lipinski definition) is 4. The number of hydrogen-bond donors (Lipinski definition) is 2. The quantitative estimate of drug-likeness (QED) is 0.878. The second-order valence-electron chi connectivity index (χ2n) is 6.81. The Balaban J connectivity index is 1.74. The molecule has 2 N–H and O–H groups in total. The van der Waals surface area contributed by atoms with Gasteiger partial charge in [-0.15, -0.1) is 0 Å². The largest absolute Gasteiger partial charge is 0.328 e. The molecule has 2 aromatic heterocycles. The molecule has 0 aromatic carbocycles. The summed E-state index contributed by atoms with van der Waals surface area (Å²) in [6, 6.07) is 1.26. The van der Waals surface area contributed by atoms with E-state index in [9.17, 15) is 14.0 Å². The molecule has 138 valence electrons. The van der Waals surface area contributed by atoms with Gasteiger partial charge in [0, 0.05) is 31.1 Å². The summed E-state index contributed by atoms with van der Waals surface area (Å²) in [7, 11) is 0. The van der Waals surface area contributed by atoms with E-state index in [1.165, 1.54) is 4.90 Å². The lowest BCUT2D eigenvalue weighted by Gasteiger charge is -2.28. The van der Waals surface area contributed by atoms with Crippen LogP contribution in [-0.4, -0.2) is 47.3 Å². The van der Waals surface area contributed by atoms with Gasteiger partial charge < -0.3 is 9.88 Å². The Kier molecular flexibility index (Phi) is 4.36. The first-order chi connectivity index (χ1) is 12.6. The second kappa shape index (κ2) is 6.68. The Hall–Kier alpha value is -2.48. The van der Waals surface area contributed by atoms with E-state index in [0.717, 1.165) is 29.6 Å². The number of pyridine rings is 1. The minimum atomic E-state index is -0.954. The number of anilines is 1. The van der Waals surface area contributed by atoms with Gasteiger partial charge in [0.2, 0.25) is 5.91 Å². The van der Waals surface area contributed by atoms with Gasteiger partial charge >= 0.3 is 6.03 Å². The van der Waals surface area contributed by atoms with E-state index in [1.807, 2.05) is 23.8 Å². The molecule has 0 aliphatic carbocycles. The number of carbonyl (C=O) groups excluding carboxylic acids is 2. The molecule has 3 amide bonds. The van der Waals surface area contributed by atoms with Crippen molar-refractivity contribution in [2.24, 2.45) is 0 Å². The first-order valence-electron chi connectivity index (χ1n) is 9.04. The van der Waals surface area contributed by atoms with Crippen LogP contribution >= 0.6 is 0 Å². The molecule has 2 saturated heterocycles. The highest BCUT2D eigenvalue weighted by molar-refractivity contribution is 6.06. The number of nitrogens with zero attached hydrogens (tertiary/aromatic N) is 3. The van der Waals surface area contributed by atoms with Crippen LogP contribution in [0.1, 0.15) is 31.4 Å². The number of amides is 3. The summed E-state index contributed by atoms with van der Waals surface area (Å²) in [4.78, 5) is 29.5. The Morgan fingerprint density at radius 3 is 2.96 bits per heavy atom. The lowest BCUT2D eigenvalue weighted by atomic mass is 10.0. The highest BCUT2D eigenvalue weighted by Crippen LogP contribution is 2.31. The van der Waals surface area contributed by atoms with Crippen molar-refractivity contribution in [3.63, 3.8) is 0 Å². The maximum Gasteiger partial charge on any atom is 0.328 e. The van der Waals surface area contributed by atoms with E-state index in [0.29, 0.717) is 25.2 Å². The van der Waals surface area contributed by atoms with Crippen LogP contribution < -0.4 is 15.5 Å². The van der Waals surface area contributed by atoms with Crippen LogP contribution in [0.4, 0.5) is 14.9 Å². The molecule has 2 aliphatic rings. The Morgan fingerprint density at radius 1 is 1.38 bits per heavy atom. The first-order valence-corrected chi connectivity index (χ1v) is 9.04. The van der Waals surface area contributed by atoms with E-state index in [4.69, 9.17) is 0 Å². The summed E-state index contributed by atoms with van der Waals surface area (Å²) in [5, 5.41) is 6.33. The third-order valence-electron chi connectivity index (χ3n) is 5.22. The number of fused-ring (bicyclic) bond motifs is 1. The van der Waals surface area contributed by atoms with Gasteiger partial charge in [-0.05, 0) is 31.0 Å². The molecule has 0 radical (unpaired) electrons. The summed E-state index contributed by atoms with van der Waals surface area (Å²) in [5.74, 6) is -0.263. The van der Waals surface area contributed by atoms with Crippen molar-refractivity contribution in [1.29, 1.82) is 0 Å². The third-order valence-corrected chi connectivity index (χ3v) is 5.22. The molecule has 2 fully saturated rings. The lowest BCUT2D eigenvalue weighted by molar-refractivity contribution is -0.120. The number of halogens is 1. The van der Waals surface area contributed by atoms with E-state index >= 15 is 0 Å². The summed E-state index contributed by atoms with van der Waals surface area (Å²) in [6.45, 7) is 3.52. The number of urea groups is 1. The van der Waals surface area contributed by atoms with Gasteiger partial charge in [-0.25, -0.2) is 14.2 Å². The van der Waals surface area contributed by atoms with E-state index in [1.54, 1.807) is 6.20 Å². The maximum atomic E-state index is 14.4. The van der Waals surface area contributed by atoms with Crippen LogP contribution in [0, 0.1) is 0 Å². The number of carbonyl (C=O) groups is 2. The SMILES string of the molecule is CCc1cn([C@@H]2CCNC[C@@H]2F)c2ncc(N3CCC(=O)NC3=O)cc12. The van der Waals surface area contributed by atoms with Crippen LogP contribution in [0.2, 0.25) is 0 Å². The average Bonchev–Trinajstić information content (AvgIpc) is 3.00. The van der Waals surface area contributed by atoms with Gasteiger partial charge in [0.05, 0.1) is 17.9 Å². The first kappa shape index (κ1) is 17.0. The fraction of sp³-hybridized carbons (Fsp3) is 0.500. The number of imide groups is 1. The normalized spacial score (nSPS) is 24.2. The van der Waals surface area contributed by atoms with Crippen LogP contribution in [0.3, 0.4) is 0 Å². The number of aromatic nitrogens is 2. The number of nitrogens with one attached hydrogen (secondary N) is 2. The molecule has 7 nitrogen and oxygen atoms in total. The summed E-state index contributed by atoms with van der Waals surface area (Å²) >= 11 is 0. The molecule has 4 rings (SSSR count). The predicted octanol–water partition coefficient (Wildman–Crippen LogP) is 1.92. The maximum absolute atomic E-state index is 14.4. The molecule has 2 atom stereocenters. The number of rotatable bonds is 3. The van der Waals surface area contributed by atoms with Gasteiger partial charge in [-0.2, -0.15) is 0 Å². The predicted molar refractivity (Wildman–Crippen MR) is 96.0 cm³/mol. The zero-order chi connectivity index (χ0) is 18.3. The minimum absolute atomic E-state index is 0.228. The fourth-order valence-corrected chi connectivity index (χ4v) is 3.80. The highest BCUT2D eigenvalue weighted by Gasteiger charge is 2.29. The monoisotopic (exact) mass is 359 g/mol. The minimum Gasteiger partial charge on any atom is -0.326 e. The summed E-state index contributed by atoms with van der Waals surface area (Å²) < 4.78 is 16.4. The topological polar surface area (TPSA) is 79.3 Å². The molecule has 4 heterocycles. The van der Waals surface area contributed by atoms with E-state index in [2.05, 4.69) is 15.6 Å². The van der Waals surface area contributed by atoms with E-state index in [-0.39, 0.29) is 18.4 Å². The Bertz CT molecular complexity index is 865. The van der Waals surface area contributed by atoms with Crippen molar-refractivity contribution in [2.45, 2.75) is 38.4 Å². The Morgan fingerprint density at radius 2 is 2.23 bits per heavy atom. The van der Waals surface area contributed by atoms with Crippen molar-refractivity contribution in [1.82, 2.24) is 20.2 Å². The van der Waals surface area contributed by atoms with Gasteiger partial charge in [-0.3, -0.25) is 15.0 Å². The van der Waals surface area contributed by atoms with Crippen molar-refractivity contribution in [3.05, 3.63) is 24.0 Å². The number of piperidine rings is 1. The van der Waals surface area contributed by atoms with Gasteiger partial charge in [0.1, 0.15) is 11.8 Å². The lowest BCUT2D eigenvalue weighted by Crippen LogP contribution is -2.49. The number of alkyl halides is 1. The molecule has 2 aromatic rings. The van der Waals surface area contributed by atoms with Crippen molar-refractivity contribution in [3.8, 4) is 0 Å². The van der Waals surface area contributed by atoms with Gasteiger partial charge in [0.15, 0.2) is 0 Å². The van der Waals surface area contributed by atoms with Crippen molar-refractivity contribution < 1.29 is 14.0 Å². The molecule has 0 bridgehead atoms. The second-order valence-corrected chi connectivity index (χ2v) is 6.81. The fourth-order valence-electron chi connectivity index (χ4n) is 3.80. The van der Waals surface area contributed by atoms with Crippen LogP contribution in [0.15, 0.2) is 18.5 Å². The third kappa shape index (κ3) is 2.84. The highest BCUT2D eigenvalue weighted by atomic mass is 19.1. The van der Waals surface area contributed by atoms with E-state index < -0.39 is 12.2 Å². The van der Waals surface area contributed by atoms with Crippen LogP contribution in [0.25, 0.3) is 11.0 Å². The zero-order valence-corrected chi connectivity index (χ0v) is 14.7. The van der Waals surface area contributed by atoms with Crippen LogP contribution in [0.5, 0.6) is 0 Å². The molecular formula is C18H22FN5O2. The Labute approximate surface area is 150 Å². The molecule has 26 heavy (non-hydrogen) atoms. The van der Waals surface area contributed by atoms with Gasteiger partial charge in [0.25, 0.3) is 0 Å². The zero-order valence-electron chi connectivity index (χ0n) is 14.7. The summed E-state index contributed by atoms with van der Waals surface area (Å²) in [5.41, 5.74) is 2.47. The molecule has 2 aliphatic heterocycles. The molecule has 0 spiro atoms. The van der Waals surface area contributed by atoms with Crippen molar-refractivity contribution >= 4 is 28.7 Å². The summed E-state index contributed by atoms with van der Waals surface area (Å²) in [6.07, 6.45) is 4.44. The van der Waals surface area contributed by atoms with Crippen LogP contribution in [-0.2, 0) is 11.2 Å². The van der Waals surface area contributed by atoms with Crippen molar-refractivity contribution in [2.75, 3.05) is 24.5 Å².